The van der Waals surface area contributed by atoms with Crippen LogP contribution in [-0.4, -0.2) is 48.1 Å². The predicted octanol–water partition coefficient (Wildman–Crippen LogP) is 1.63. The molecule has 1 aromatic heterocycles. The number of aliphatic imine (C=N–C) groups is 1. The maximum Gasteiger partial charge on any atom is 0.231 e. The fourth-order valence-corrected chi connectivity index (χ4v) is 2.64. The molecule has 0 radical (unpaired) electrons. The zero-order valence-electron chi connectivity index (χ0n) is 14.3. The van der Waals surface area contributed by atoms with Gasteiger partial charge in [0.1, 0.15) is 0 Å². The second-order valence-electron chi connectivity index (χ2n) is 5.80. The van der Waals surface area contributed by atoms with Crippen molar-refractivity contribution < 1.29 is 9.47 Å². The van der Waals surface area contributed by atoms with E-state index in [1.54, 1.807) is 7.05 Å². The topological polar surface area (TPSA) is 63.9 Å². The summed E-state index contributed by atoms with van der Waals surface area (Å²) in [5.74, 6) is 2.45. The quantitative estimate of drug-likeness (QED) is 0.667. The lowest BCUT2D eigenvalue weighted by molar-refractivity contribution is 0.174. The van der Waals surface area contributed by atoms with Crippen LogP contribution in [0.2, 0.25) is 0 Å². The van der Waals surface area contributed by atoms with Crippen molar-refractivity contribution >= 4 is 5.96 Å². The summed E-state index contributed by atoms with van der Waals surface area (Å²) >= 11 is 0. The molecule has 1 aromatic carbocycles. The first-order valence-corrected chi connectivity index (χ1v) is 7.95. The van der Waals surface area contributed by atoms with Crippen molar-refractivity contribution in [2.24, 2.45) is 4.99 Å². The van der Waals surface area contributed by atoms with Crippen molar-refractivity contribution in [3.63, 3.8) is 0 Å². The third-order valence-corrected chi connectivity index (χ3v) is 3.82. The molecule has 0 atom stereocenters. The number of nitrogens with one attached hydrogen (secondary N) is 1. The molecule has 1 aliphatic rings. The van der Waals surface area contributed by atoms with Gasteiger partial charge in [-0.2, -0.15) is 5.10 Å². The standard InChI is InChI=1S/C17H23N5O2/c1-13-9-20-22(10-13)7-6-19-17(18-2)21(3)11-14-4-5-15-16(8-14)24-12-23-15/h4-5,8-10H,6-7,11-12H2,1-3H3,(H,18,19). The molecule has 7 heteroatoms. The van der Waals surface area contributed by atoms with Gasteiger partial charge in [-0.25, -0.2) is 0 Å². The number of fused-ring (bicyclic) bond motifs is 1. The summed E-state index contributed by atoms with van der Waals surface area (Å²) in [7, 11) is 3.80. The Balaban J connectivity index is 1.53. The molecule has 2 heterocycles. The molecule has 7 nitrogen and oxygen atoms in total. The molecular weight excluding hydrogens is 306 g/mol. The first-order chi connectivity index (χ1) is 11.7. The summed E-state index contributed by atoms with van der Waals surface area (Å²) < 4.78 is 12.7. The van der Waals surface area contributed by atoms with Gasteiger partial charge in [-0.3, -0.25) is 9.67 Å². The summed E-state index contributed by atoms with van der Waals surface area (Å²) in [5, 5.41) is 7.64. The Morgan fingerprint density at radius 2 is 2.21 bits per heavy atom. The van der Waals surface area contributed by atoms with E-state index in [1.807, 2.05) is 49.2 Å². The van der Waals surface area contributed by atoms with Gasteiger partial charge in [0.25, 0.3) is 0 Å². The number of aromatic nitrogens is 2. The molecule has 1 aliphatic heterocycles. The van der Waals surface area contributed by atoms with Crippen molar-refractivity contribution in [2.75, 3.05) is 27.4 Å². The average molecular weight is 329 g/mol. The molecule has 0 saturated heterocycles. The Labute approximate surface area is 141 Å². The van der Waals surface area contributed by atoms with Gasteiger partial charge in [-0.05, 0) is 30.2 Å². The van der Waals surface area contributed by atoms with Crippen molar-refractivity contribution in [3.05, 3.63) is 41.7 Å². The fraction of sp³-hybridized carbons (Fsp3) is 0.412. The van der Waals surface area contributed by atoms with E-state index in [4.69, 9.17) is 9.47 Å². The first-order valence-electron chi connectivity index (χ1n) is 7.95. The largest absolute Gasteiger partial charge is 0.454 e. The Kier molecular flexibility index (Phi) is 4.88. The predicted molar refractivity (Wildman–Crippen MR) is 92.4 cm³/mol. The van der Waals surface area contributed by atoms with E-state index < -0.39 is 0 Å². The van der Waals surface area contributed by atoms with Crippen LogP contribution < -0.4 is 14.8 Å². The van der Waals surface area contributed by atoms with Gasteiger partial charge in [0.2, 0.25) is 6.79 Å². The number of nitrogens with zero attached hydrogens (tertiary/aromatic N) is 4. The highest BCUT2D eigenvalue weighted by Crippen LogP contribution is 2.32. The van der Waals surface area contributed by atoms with E-state index in [-0.39, 0.29) is 0 Å². The molecule has 0 aliphatic carbocycles. The van der Waals surface area contributed by atoms with Crippen LogP contribution in [0, 0.1) is 6.92 Å². The zero-order valence-corrected chi connectivity index (χ0v) is 14.3. The van der Waals surface area contributed by atoms with Crippen LogP contribution in [0.5, 0.6) is 11.5 Å². The van der Waals surface area contributed by atoms with E-state index in [2.05, 4.69) is 20.3 Å². The van der Waals surface area contributed by atoms with Crippen LogP contribution in [0.15, 0.2) is 35.6 Å². The second-order valence-corrected chi connectivity index (χ2v) is 5.80. The highest BCUT2D eigenvalue weighted by Gasteiger charge is 2.14. The monoisotopic (exact) mass is 329 g/mol. The summed E-state index contributed by atoms with van der Waals surface area (Å²) in [6.45, 7) is 4.63. The number of hydrogen-bond donors (Lipinski definition) is 1. The molecule has 0 amide bonds. The molecule has 24 heavy (non-hydrogen) atoms. The van der Waals surface area contributed by atoms with E-state index >= 15 is 0 Å². The van der Waals surface area contributed by atoms with E-state index in [0.29, 0.717) is 6.79 Å². The average Bonchev–Trinajstić information content (AvgIpc) is 3.19. The van der Waals surface area contributed by atoms with Gasteiger partial charge >= 0.3 is 0 Å². The van der Waals surface area contributed by atoms with Crippen molar-refractivity contribution in [2.45, 2.75) is 20.0 Å². The van der Waals surface area contributed by atoms with Gasteiger partial charge in [-0.15, -0.1) is 0 Å². The van der Waals surface area contributed by atoms with Crippen LogP contribution >= 0.6 is 0 Å². The third-order valence-electron chi connectivity index (χ3n) is 3.82. The Hall–Kier alpha value is -2.70. The van der Waals surface area contributed by atoms with Gasteiger partial charge in [0.05, 0.1) is 12.7 Å². The molecule has 0 saturated carbocycles. The van der Waals surface area contributed by atoms with E-state index in [0.717, 1.165) is 42.7 Å². The zero-order chi connectivity index (χ0) is 16.9. The van der Waals surface area contributed by atoms with Gasteiger partial charge < -0.3 is 19.7 Å². The Bertz CT molecular complexity index is 726. The molecule has 0 spiro atoms. The highest BCUT2D eigenvalue weighted by atomic mass is 16.7. The summed E-state index contributed by atoms with van der Waals surface area (Å²) in [4.78, 5) is 6.41. The second kappa shape index (κ2) is 7.25. The van der Waals surface area contributed by atoms with Crippen molar-refractivity contribution in [1.29, 1.82) is 0 Å². The number of guanidine groups is 1. The molecule has 1 N–H and O–H groups in total. The van der Waals surface area contributed by atoms with Crippen molar-refractivity contribution in [1.82, 2.24) is 20.0 Å². The summed E-state index contributed by atoms with van der Waals surface area (Å²) in [6, 6.07) is 6.00. The SMILES string of the molecule is CN=C(NCCn1cc(C)cn1)N(C)Cc1ccc2c(c1)OCO2. The van der Waals surface area contributed by atoms with Crippen LogP contribution in [-0.2, 0) is 13.1 Å². The summed E-state index contributed by atoms with van der Waals surface area (Å²) in [5.41, 5.74) is 2.31. The van der Waals surface area contributed by atoms with E-state index in [1.165, 1.54) is 5.56 Å². The highest BCUT2D eigenvalue weighted by molar-refractivity contribution is 5.79. The molecule has 3 rings (SSSR count). The minimum atomic E-state index is 0.296. The van der Waals surface area contributed by atoms with Gasteiger partial charge in [0.15, 0.2) is 17.5 Å². The lowest BCUT2D eigenvalue weighted by atomic mass is 10.2. The molecular formula is C17H23N5O2. The first kappa shape index (κ1) is 16.2. The summed E-state index contributed by atoms with van der Waals surface area (Å²) in [6.07, 6.45) is 3.89. The van der Waals surface area contributed by atoms with Crippen LogP contribution in [0.3, 0.4) is 0 Å². The lowest BCUT2D eigenvalue weighted by Crippen LogP contribution is -2.39. The normalized spacial score (nSPS) is 13.2. The Morgan fingerprint density at radius 1 is 1.38 bits per heavy atom. The Morgan fingerprint density at radius 3 is 2.96 bits per heavy atom. The maximum absolute atomic E-state index is 5.43. The number of ether oxygens (including phenoxy) is 2. The van der Waals surface area contributed by atoms with E-state index in [9.17, 15) is 0 Å². The van der Waals surface area contributed by atoms with Gasteiger partial charge in [0, 0.05) is 33.4 Å². The lowest BCUT2D eigenvalue weighted by Gasteiger charge is -2.22. The third kappa shape index (κ3) is 3.79. The van der Waals surface area contributed by atoms with Crippen LogP contribution in [0.25, 0.3) is 0 Å². The van der Waals surface area contributed by atoms with Gasteiger partial charge in [-0.1, -0.05) is 6.07 Å². The van der Waals surface area contributed by atoms with Crippen molar-refractivity contribution in [3.8, 4) is 11.5 Å². The number of benzene rings is 1. The smallest absolute Gasteiger partial charge is 0.231 e. The van der Waals surface area contributed by atoms with Crippen LogP contribution in [0.4, 0.5) is 0 Å². The maximum atomic E-state index is 5.43. The molecule has 2 aromatic rings. The van der Waals surface area contributed by atoms with Crippen LogP contribution in [0.1, 0.15) is 11.1 Å². The number of hydrogen-bond acceptors (Lipinski definition) is 4. The minimum absolute atomic E-state index is 0.296. The molecule has 0 bridgehead atoms. The number of aryl methyl sites for hydroxylation is 1. The number of rotatable bonds is 5. The minimum Gasteiger partial charge on any atom is -0.454 e. The molecule has 0 fully saturated rings. The fourth-order valence-electron chi connectivity index (χ4n) is 2.64. The molecule has 128 valence electrons. The molecule has 0 unspecified atom stereocenters.